The summed E-state index contributed by atoms with van der Waals surface area (Å²) in [6.45, 7) is -1.23. The van der Waals surface area contributed by atoms with Gasteiger partial charge in [-0.25, -0.2) is 0 Å². The van der Waals surface area contributed by atoms with Crippen molar-refractivity contribution in [1.82, 2.24) is 0 Å². The van der Waals surface area contributed by atoms with Crippen LogP contribution in [0.25, 0.3) is 6.08 Å². The molecule has 0 aliphatic carbocycles. The standard InChI is InChI=1S/C19H14Cl2F2N2O3/c1-2-27-15-8-3-5-11(17(15)28-19(22)23)9-12(10-24)18(26)25-16-13(20)6-4-7-14(16)21/h3-9,19H,2H2,1H3,(H,25,26)/b12-9+. The summed E-state index contributed by atoms with van der Waals surface area (Å²) in [4.78, 5) is 12.5. The highest BCUT2D eigenvalue weighted by molar-refractivity contribution is 6.40. The zero-order chi connectivity index (χ0) is 20.7. The summed E-state index contributed by atoms with van der Waals surface area (Å²) in [6, 6.07) is 10.7. The lowest BCUT2D eigenvalue weighted by Gasteiger charge is -2.14. The van der Waals surface area contributed by atoms with E-state index in [1.54, 1.807) is 19.1 Å². The number of rotatable bonds is 7. The number of nitrogens with one attached hydrogen (secondary N) is 1. The zero-order valence-electron chi connectivity index (χ0n) is 14.5. The van der Waals surface area contributed by atoms with Crippen molar-refractivity contribution < 1.29 is 23.0 Å². The van der Waals surface area contributed by atoms with Gasteiger partial charge >= 0.3 is 6.61 Å². The summed E-state index contributed by atoms with van der Waals surface area (Å²) in [5, 5.41) is 12.1. The first kappa shape index (κ1) is 21.5. The Balaban J connectivity index is 2.42. The number of ether oxygens (including phenoxy) is 2. The molecule has 5 nitrogen and oxygen atoms in total. The van der Waals surface area contributed by atoms with Crippen LogP contribution in [0.5, 0.6) is 11.5 Å². The van der Waals surface area contributed by atoms with E-state index in [9.17, 15) is 18.8 Å². The number of nitriles is 1. The largest absolute Gasteiger partial charge is 0.490 e. The van der Waals surface area contributed by atoms with Crippen molar-refractivity contribution in [2.24, 2.45) is 0 Å². The van der Waals surface area contributed by atoms with Crippen LogP contribution in [-0.2, 0) is 4.79 Å². The second-order valence-corrected chi connectivity index (χ2v) is 6.02. The fourth-order valence-corrected chi connectivity index (χ4v) is 2.72. The average Bonchev–Trinajstić information content (AvgIpc) is 2.64. The van der Waals surface area contributed by atoms with Gasteiger partial charge in [0.2, 0.25) is 0 Å². The van der Waals surface area contributed by atoms with Gasteiger partial charge in [-0.05, 0) is 31.2 Å². The van der Waals surface area contributed by atoms with Crippen molar-refractivity contribution in [1.29, 1.82) is 5.26 Å². The fourth-order valence-electron chi connectivity index (χ4n) is 2.23. The van der Waals surface area contributed by atoms with Crippen LogP contribution in [0, 0.1) is 11.3 Å². The minimum atomic E-state index is -3.12. The molecule has 0 saturated heterocycles. The number of hydrogen-bond donors (Lipinski definition) is 1. The highest BCUT2D eigenvalue weighted by Gasteiger charge is 2.18. The second kappa shape index (κ2) is 9.93. The lowest BCUT2D eigenvalue weighted by Crippen LogP contribution is -2.14. The van der Waals surface area contributed by atoms with E-state index in [2.05, 4.69) is 10.1 Å². The van der Waals surface area contributed by atoms with E-state index in [1.807, 2.05) is 0 Å². The topological polar surface area (TPSA) is 71.3 Å². The number of benzene rings is 2. The normalized spacial score (nSPS) is 11.1. The van der Waals surface area contributed by atoms with Crippen LogP contribution >= 0.6 is 23.2 Å². The van der Waals surface area contributed by atoms with Crippen LogP contribution in [0.3, 0.4) is 0 Å². The first-order valence-corrected chi connectivity index (χ1v) is 8.70. The van der Waals surface area contributed by atoms with Gasteiger partial charge in [0.1, 0.15) is 11.6 Å². The molecule has 146 valence electrons. The third-order valence-electron chi connectivity index (χ3n) is 3.38. The summed E-state index contributed by atoms with van der Waals surface area (Å²) < 4.78 is 35.4. The Morgan fingerprint density at radius 1 is 1.25 bits per heavy atom. The van der Waals surface area contributed by atoms with Crippen LogP contribution in [0.4, 0.5) is 14.5 Å². The molecule has 0 spiro atoms. The third kappa shape index (κ3) is 5.35. The number of para-hydroxylation sites is 2. The Bertz CT molecular complexity index is 923. The summed E-state index contributed by atoms with van der Waals surface area (Å²) >= 11 is 12.0. The van der Waals surface area contributed by atoms with Crippen molar-refractivity contribution in [2.75, 3.05) is 11.9 Å². The maximum absolute atomic E-state index is 12.8. The van der Waals surface area contributed by atoms with Crippen molar-refractivity contribution in [3.8, 4) is 17.6 Å². The lowest BCUT2D eigenvalue weighted by atomic mass is 10.1. The van der Waals surface area contributed by atoms with E-state index in [4.69, 9.17) is 27.9 Å². The molecule has 0 radical (unpaired) electrons. The Hall–Kier alpha value is -2.82. The third-order valence-corrected chi connectivity index (χ3v) is 4.01. The van der Waals surface area contributed by atoms with Crippen molar-refractivity contribution in [2.45, 2.75) is 13.5 Å². The summed E-state index contributed by atoms with van der Waals surface area (Å²) in [7, 11) is 0. The molecule has 1 amide bonds. The van der Waals surface area contributed by atoms with Crippen molar-refractivity contribution >= 4 is 40.9 Å². The highest BCUT2D eigenvalue weighted by atomic mass is 35.5. The van der Waals surface area contributed by atoms with E-state index in [-0.39, 0.29) is 45.0 Å². The Labute approximate surface area is 170 Å². The molecule has 0 heterocycles. The van der Waals surface area contributed by atoms with E-state index in [1.165, 1.54) is 30.3 Å². The van der Waals surface area contributed by atoms with Gasteiger partial charge in [-0.3, -0.25) is 4.79 Å². The van der Waals surface area contributed by atoms with Crippen LogP contribution in [0.1, 0.15) is 12.5 Å². The zero-order valence-corrected chi connectivity index (χ0v) is 16.0. The fraction of sp³-hybridized carbons (Fsp3) is 0.158. The SMILES string of the molecule is CCOc1cccc(/C=C(\C#N)C(=O)Nc2c(Cl)cccc2Cl)c1OC(F)F. The summed E-state index contributed by atoms with van der Waals surface area (Å²) in [5.74, 6) is -1.04. The predicted octanol–water partition coefficient (Wildman–Crippen LogP) is 5.54. The van der Waals surface area contributed by atoms with E-state index in [0.717, 1.165) is 6.08 Å². The first-order chi connectivity index (χ1) is 13.4. The Kier molecular flexibility index (Phi) is 7.61. The predicted molar refractivity (Wildman–Crippen MR) is 103 cm³/mol. The molecule has 2 aromatic carbocycles. The van der Waals surface area contributed by atoms with Gasteiger partial charge in [0.15, 0.2) is 11.5 Å². The van der Waals surface area contributed by atoms with Gasteiger partial charge in [0.05, 0.1) is 22.3 Å². The van der Waals surface area contributed by atoms with E-state index >= 15 is 0 Å². The van der Waals surface area contributed by atoms with Gasteiger partial charge in [0, 0.05) is 5.56 Å². The highest BCUT2D eigenvalue weighted by Crippen LogP contribution is 2.35. The Morgan fingerprint density at radius 3 is 2.46 bits per heavy atom. The van der Waals surface area contributed by atoms with E-state index < -0.39 is 12.5 Å². The molecule has 2 rings (SSSR count). The Morgan fingerprint density at radius 2 is 1.89 bits per heavy atom. The molecule has 0 atom stereocenters. The second-order valence-electron chi connectivity index (χ2n) is 5.21. The molecular weight excluding hydrogens is 413 g/mol. The minimum absolute atomic E-state index is 0.0587. The van der Waals surface area contributed by atoms with Crippen LogP contribution in [0.15, 0.2) is 42.0 Å². The number of alkyl halides is 2. The molecule has 9 heteroatoms. The maximum atomic E-state index is 12.8. The van der Waals surface area contributed by atoms with Crippen LogP contribution in [0.2, 0.25) is 10.0 Å². The van der Waals surface area contributed by atoms with Crippen molar-refractivity contribution in [3.05, 3.63) is 57.6 Å². The van der Waals surface area contributed by atoms with Gasteiger partial charge in [-0.2, -0.15) is 14.0 Å². The number of nitrogens with zero attached hydrogens (tertiary/aromatic N) is 1. The monoisotopic (exact) mass is 426 g/mol. The van der Waals surface area contributed by atoms with Crippen LogP contribution < -0.4 is 14.8 Å². The number of carbonyl (C=O) groups excluding carboxylic acids is 1. The van der Waals surface area contributed by atoms with Gasteiger partial charge < -0.3 is 14.8 Å². The number of halogens is 4. The van der Waals surface area contributed by atoms with Gasteiger partial charge in [0.25, 0.3) is 5.91 Å². The molecule has 0 aromatic heterocycles. The molecule has 0 aliphatic heterocycles. The maximum Gasteiger partial charge on any atom is 0.387 e. The first-order valence-electron chi connectivity index (χ1n) is 7.95. The smallest absolute Gasteiger partial charge is 0.387 e. The molecule has 1 N–H and O–H groups in total. The quantitative estimate of drug-likeness (QED) is 0.465. The molecule has 2 aromatic rings. The molecule has 0 aliphatic rings. The number of anilines is 1. The van der Waals surface area contributed by atoms with Gasteiger partial charge in [-0.1, -0.05) is 41.4 Å². The number of hydrogen-bond acceptors (Lipinski definition) is 4. The number of amides is 1. The molecule has 0 unspecified atom stereocenters. The van der Waals surface area contributed by atoms with Crippen LogP contribution in [-0.4, -0.2) is 19.1 Å². The molecule has 28 heavy (non-hydrogen) atoms. The molecule has 0 fully saturated rings. The van der Waals surface area contributed by atoms with Crippen molar-refractivity contribution in [3.63, 3.8) is 0 Å². The number of carbonyl (C=O) groups is 1. The summed E-state index contributed by atoms with van der Waals surface area (Å²) in [6.07, 6.45) is 1.11. The molecule has 0 bridgehead atoms. The van der Waals surface area contributed by atoms with Gasteiger partial charge in [-0.15, -0.1) is 0 Å². The summed E-state index contributed by atoms with van der Waals surface area (Å²) in [5.41, 5.74) is -0.170. The molecular formula is C19H14Cl2F2N2O3. The molecule has 0 saturated carbocycles. The minimum Gasteiger partial charge on any atom is -0.490 e. The lowest BCUT2D eigenvalue weighted by molar-refractivity contribution is -0.112. The van der Waals surface area contributed by atoms with E-state index in [0.29, 0.717) is 0 Å². The average molecular weight is 427 g/mol.